The predicted octanol–water partition coefficient (Wildman–Crippen LogP) is 4.25. The molecule has 3 aliphatic carbocycles. The van der Waals surface area contributed by atoms with Crippen LogP contribution >= 0.6 is 0 Å². The van der Waals surface area contributed by atoms with Crippen LogP contribution in [0.5, 0.6) is 0 Å². The van der Waals surface area contributed by atoms with Gasteiger partial charge < -0.3 is 4.74 Å². The number of benzene rings is 1. The molecule has 2 fully saturated rings. The number of ether oxygens (including phenoxy) is 1. The van der Waals surface area contributed by atoms with Gasteiger partial charge >= 0.3 is 6.09 Å². The molecule has 1 aromatic rings. The van der Waals surface area contributed by atoms with E-state index in [4.69, 9.17) is 4.74 Å². The summed E-state index contributed by atoms with van der Waals surface area (Å²) >= 11 is 0. The summed E-state index contributed by atoms with van der Waals surface area (Å²) in [7, 11) is 0. The SMILES string of the molecule is O=C(OC(C1CC1)C1CC1)N1CCCc2cc3c(cc21)CCC3. The third-order valence-electron chi connectivity index (χ3n) is 6.04. The standard InChI is InChI=1S/C20H25NO2/c22-20(23-19(13-6-7-13)14-8-9-14)21-10-2-5-17-11-15-3-1-4-16(15)12-18(17)21/h11-14,19H,1-10H2. The highest BCUT2D eigenvalue weighted by Crippen LogP contribution is 2.46. The van der Waals surface area contributed by atoms with E-state index in [1.807, 2.05) is 4.90 Å². The number of fused-ring (bicyclic) bond motifs is 2. The Bertz CT molecular complexity index is 633. The zero-order chi connectivity index (χ0) is 15.4. The summed E-state index contributed by atoms with van der Waals surface area (Å²) in [6.45, 7) is 0.812. The number of carbonyl (C=O) groups excluding carboxylic acids is 1. The van der Waals surface area contributed by atoms with Gasteiger partial charge in [-0.15, -0.1) is 0 Å². The van der Waals surface area contributed by atoms with E-state index in [0.717, 1.165) is 31.5 Å². The van der Waals surface area contributed by atoms with Crippen molar-refractivity contribution in [3.05, 3.63) is 28.8 Å². The van der Waals surface area contributed by atoms with Crippen molar-refractivity contribution in [1.29, 1.82) is 0 Å². The van der Waals surface area contributed by atoms with Gasteiger partial charge in [-0.25, -0.2) is 4.79 Å². The smallest absolute Gasteiger partial charge is 0.414 e. The largest absolute Gasteiger partial charge is 0.445 e. The zero-order valence-electron chi connectivity index (χ0n) is 13.7. The quantitative estimate of drug-likeness (QED) is 0.835. The van der Waals surface area contributed by atoms with Crippen molar-refractivity contribution in [2.24, 2.45) is 11.8 Å². The van der Waals surface area contributed by atoms with Crippen molar-refractivity contribution in [1.82, 2.24) is 0 Å². The van der Waals surface area contributed by atoms with Gasteiger partial charge in [-0.3, -0.25) is 4.90 Å². The van der Waals surface area contributed by atoms with E-state index in [1.165, 1.54) is 55.2 Å². The fourth-order valence-electron chi connectivity index (χ4n) is 4.46. The van der Waals surface area contributed by atoms with Crippen LogP contribution in [0.4, 0.5) is 10.5 Å². The van der Waals surface area contributed by atoms with Crippen LogP contribution in [0, 0.1) is 11.8 Å². The number of carbonyl (C=O) groups is 1. The minimum Gasteiger partial charge on any atom is -0.445 e. The molecule has 3 heteroatoms. The molecule has 122 valence electrons. The molecular weight excluding hydrogens is 286 g/mol. The van der Waals surface area contributed by atoms with E-state index in [-0.39, 0.29) is 12.2 Å². The van der Waals surface area contributed by atoms with Crippen LogP contribution in [0.15, 0.2) is 12.1 Å². The highest BCUT2D eigenvalue weighted by Gasteiger charge is 2.45. The molecule has 0 bridgehead atoms. The summed E-state index contributed by atoms with van der Waals surface area (Å²) in [5.41, 5.74) is 5.44. The Kier molecular flexibility index (Phi) is 3.17. The summed E-state index contributed by atoms with van der Waals surface area (Å²) in [4.78, 5) is 14.8. The summed E-state index contributed by atoms with van der Waals surface area (Å²) in [5.74, 6) is 1.30. The Balaban J connectivity index is 1.40. The average molecular weight is 311 g/mol. The van der Waals surface area contributed by atoms with Crippen molar-refractivity contribution in [2.45, 2.75) is 63.9 Å². The maximum absolute atomic E-state index is 12.8. The summed E-state index contributed by atoms with van der Waals surface area (Å²) in [6, 6.07) is 4.64. The van der Waals surface area contributed by atoms with Gasteiger partial charge in [0.2, 0.25) is 0 Å². The van der Waals surface area contributed by atoms with Crippen LogP contribution in [0.1, 0.15) is 55.2 Å². The molecular formula is C20H25NO2. The average Bonchev–Trinajstić information content (AvgIpc) is 3.48. The minimum atomic E-state index is -0.0901. The lowest BCUT2D eigenvalue weighted by Crippen LogP contribution is -2.39. The Labute approximate surface area is 138 Å². The van der Waals surface area contributed by atoms with Crippen LogP contribution in [-0.2, 0) is 24.0 Å². The second-order valence-electron chi connectivity index (χ2n) is 7.88. The highest BCUT2D eigenvalue weighted by molar-refractivity contribution is 5.89. The number of nitrogens with zero attached hydrogens (tertiary/aromatic N) is 1. The van der Waals surface area contributed by atoms with E-state index >= 15 is 0 Å². The van der Waals surface area contributed by atoms with Gasteiger partial charge in [0.15, 0.2) is 0 Å². The lowest BCUT2D eigenvalue weighted by molar-refractivity contribution is 0.0774. The number of rotatable bonds is 3. The molecule has 1 heterocycles. The summed E-state index contributed by atoms with van der Waals surface area (Å²) in [6.07, 6.45) is 10.9. The number of anilines is 1. The first-order valence-electron chi connectivity index (χ1n) is 9.42. The molecule has 0 radical (unpaired) electrons. The number of hydrogen-bond acceptors (Lipinski definition) is 2. The van der Waals surface area contributed by atoms with Gasteiger partial charge in [0.1, 0.15) is 6.10 Å². The molecule has 23 heavy (non-hydrogen) atoms. The van der Waals surface area contributed by atoms with Crippen LogP contribution < -0.4 is 4.90 Å². The molecule has 0 atom stereocenters. The monoisotopic (exact) mass is 311 g/mol. The molecule has 5 rings (SSSR count). The molecule has 2 saturated carbocycles. The normalized spacial score (nSPS) is 22.9. The first-order valence-corrected chi connectivity index (χ1v) is 9.42. The van der Waals surface area contributed by atoms with Gasteiger partial charge in [0, 0.05) is 6.54 Å². The van der Waals surface area contributed by atoms with Crippen molar-refractivity contribution in [2.75, 3.05) is 11.4 Å². The Morgan fingerprint density at radius 1 is 0.957 bits per heavy atom. The Morgan fingerprint density at radius 3 is 2.30 bits per heavy atom. The van der Waals surface area contributed by atoms with Crippen molar-refractivity contribution < 1.29 is 9.53 Å². The van der Waals surface area contributed by atoms with Gasteiger partial charge in [-0.05, 0) is 92.4 Å². The fraction of sp³-hybridized carbons (Fsp3) is 0.650. The maximum atomic E-state index is 12.8. The van der Waals surface area contributed by atoms with Crippen LogP contribution in [-0.4, -0.2) is 18.7 Å². The molecule has 0 unspecified atom stereocenters. The van der Waals surface area contributed by atoms with E-state index in [1.54, 1.807) is 0 Å². The zero-order valence-corrected chi connectivity index (χ0v) is 13.7. The molecule has 1 aromatic carbocycles. The fourth-order valence-corrected chi connectivity index (χ4v) is 4.46. The molecule has 0 aromatic heterocycles. The topological polar surface area (TPSA) is 29.5 Å². The van der Waals surface area contributed by atoms with Crippen LogP contribution in [0.2, 0.25) is 0 Å². The van der Waals surface area contributed by atoms with Gasteiger partial charge in [0.25, 0.3) is 0 Å². The molecule has 1 aliphatic heterocycles. The van der Waals surface area contributed by atoms with Gasteiger partial charge in [0.05, 0.1) is 5.69 Å². The van der Waals surface area contributed by atoms with E-state index in [9.17, 15) is 4.79 Å². The number of hydrogen-bond donors (Lipinski definition) is 0. The molecule has 0 N–H and O–H groups in total. The van der Waals surface area contributed by atoms with E-state index in [0.29, 0.717) is 11.8 Å². The van der Waals surface area contributed by atoms with Gasteiger partial charge in [-0.1, -0.05) is 6.07 Å². The predicted molar refractivity (Wildman–Crippen MR) is 89.9 cm³/mol. The van der Waals surface area contributed by atoms with Crippen molar-refractivity contribution in [3.8, 4) is 0 Å². The molecule has 4 aliphatic rings. The first-order chi connectivity index (χ1) is 11.3. The Hall–Kier alpha value is -1.51. The highest BCUT2D eigenvalue weighted by atomic mass is 16.6. The van der Waals surface area contributed by atoms with Crippen molar-refractivity contribution >= 4 is 11.8 Å². The molecule has 3 nitrogen and oxygen atoms in total. The molecule has 0 spiro atoms. The first kappa shape index (κ1) is 13.9. The maximum Gasteiger partial charge on any atom is 0.414 e. The minimum absolute atomic E-state index is 0.0901. The second-order valence-corrected chi connectivity index (χ2v) is 7.88. The third-order valence-corrected chi connectivity index (χ3v) is 6.04. The second kappa shape index (κ2) is 5.25. The summed E-state index contributed by atoms with van der Waals surface area (Å²) in [5, 5.41) is 0. The third kappa shape index (κ3) is 2.54. The molecule has 0 saturated heterocycles. The molecule has 1 amide bonds. The summed E-state index contributed by atoms with van der Waals surface area (Å²) < 4.78 is 6.00. The van der Waals surface area contributed by atoms with Crippen LogP contribution in [0.25, 0.3) is 0 Å². The van der Waals surface area contributed by atoms with Crippen molar-refractivity contribution in [3.63, 3.8) is 0 Å². The lowest BCUT2D eigenvalue weighted by atomic mass is 9.97. The Morgan fingerprint density at radius 2 is 1.61 bits per heavy atom. The van der Waals surface area contributed by atoms with E-state index in [2.05, 4.69) is 12.1 Å². The van der Waals surface area contributed by atoms with E-state index < -0.39 is 0 Å². The van der Waals surface area contributed by atoms with Crippen LogP contribution in [0.3, 0.4) is 0 Å². The lowest BCUT2D eigenvalue weighted by Gasteiger charge is -2.31. The number of aryl methyl sites for hydroxylation is 3. The number of amides is 1. The van der Waals surface area contributed by atoms with Gasteiger partial charge in [-0.2, -0.15) is 0 Å².